The van der Waals surface area contributed by atoms with Gasteiger partial charge in [0.05, 0.1) is 0 Å². The van der Waals surface area contributed by atoms with Gasteiger partial charge in [0.15, 0.2) is 0 Å². The molecule has 0 unspecified atom stereocenters. The fourth-order valence-electron chi connectivity index (χ4n) is 2.89. The van der Waals surface area contributed by atoms with Crippen LogP contribution in [0.4, 0.5) is 0 Å². The van der Waals surface area contributed by atoms with Crippen LogP contribution in [-0.4, -0.2) is 23.0 Å². The van der Waals surface area contributed by atoms with Crippen molar-refractivity contribution in [3.8, 4) is 0 Å². The van der Waals surface area contributed by atoms with E-state index in [0.717, 1.165) is 6.42 Å². The maximum atomic E-state index is 12.1. The number of hydrogen-bond donors (Lipinski definition) is 2. The van der Waals surface area contributed by atoms with Gasteiger partial charge in [-0.25, -0.2) is 0 Å². The molecule has 0 atom stereocenters. The summed E-state index contributed by atoms with van der Waals surface area (Å²) in [4.78, 5) is 23.3. The number of carbonyl (C=O) groups excluding carboxylic acids is 1. The standard InChI is InChI=1S/C13H21NO3/c1-11(2)8(12(11,3)4)14-9(15)13(10(16)17)6-5-7-13/h8H,5-7H2,1-4H3,(H,14,15)(H,16,17). The summed E-state index contributed by atoms with van der Waals surface area (Å²) in [5.74, 6) is -1.27. The van der Waals surface area contributed by atoms with Gasteiger partial charge >= 0.3 is 5.97 Å². The average Bonchev–Trinajstić information content (AvgIpc) is 2.45. The first-order valence-electron chi connectivity index (χ1n) is 6.20. The average molecular weight is 239 g/mol. The maximum Gasteiger partial charge on any atom is 0.319 e. The van der Waals surface area contributed by atoms with Crippen molar-refractivity contribution in [1.82, 2.24) is 5.32 Å². The molecule has 0 aromatic carbocycles. The summed E-state index contributed by atoms with van der Waals surface area (Å²) in [6.07, 6.45) is 1.78. The zero-order chi connectivity index (χ0) is 13.1. The minimum Gasteiger partial charge on any atom is -0.480 e. The Bertz CT molecular complexity index is 366. The van der Waals surface area contributed by atoms with Crippen LogP contribution in [0, 0.1) is 16.2 Å². The van der Waals surface area contributed by atoms with Crippen LogP contribution >= 0.6 is 0 Å². The fraction of sp³-hybridized carbons (Fsp3) is 0.846. The summed E-state index contributed by atoms with van der Waals surface area (Å²) in [6, 6.07) is 0.0827. The second-order valence-corrected chi connectivity index (χ2v) is 6.59. The second-order valence-electron chi connectivity index (χ2n) is 6.59. The summed E-state index contributed by atoms with van der Waals surface area (Å²) < 4.78 is 0. The molecule has 96 valence electrons. The van der Waals surface area contributed by atoms with Gasteiger partial charge < -0.3 is 10.4 Å². The Labute approximate surface area is 102 Å². The van der Waals surface area contributed by atoms with E-state index in [1.807, 2.05) is 0 Å². The molecule has 2 aliphatic carbocycles. The second kappa shape index (κ2) is 3.24. The molecular formula is C13H21NO3. The monoisotopic (exact) mass is 239 g/mol. The van der Waals surface area contributed by atoms with Crippen LogP contribution in [0.5, 0.6) is 0 Å². The number of aliphatic carboxylic acids is 1. The number of carboxylic acids is 1. The molecule has 1 amide bonds. The van der Waals surface area contributed by atoms with Crippen molar-refractivity contribution in [1.29, 1.82) is 0 Å². The molecule has 2 fully saturated rings. The van der Waals surface area contributed by atoms with Crippen molar-refractivity contribution < 1.29 is 14.7 Å². The van der Waals surface area contributed by atoms with E-state index < -0.39 is 11.4 Å². The van der Waals surface area contributed by atoms with Crippen molar-refractivity contribution in [2.24, 2.45) is 16.2 Å². The number of rotatable bonds is 3. The highest BCUT2D eigenvalue weighted by Gasteiger charge is 2.66. The summed E-state index contributed by atoms with van der Waals surface area (Å²) in [6.45, 7) is 8.41. The van der Waals surface area contributed by atoms with Gasteiger partial charge in [-0.2, -0.15) is 0 Å². The third kappa shape index (κ3) is 1.42. The lowest BCUT2D eigenvalue weighted by molar-refractivity contribution is -0.162. The molecule has 0 bridgehead atoms. The van der Waals surface area contributed by atoms with E-state index >= 15 is 0 Å². The zero-order valence-corrected chi connectivity index (χ0v) is 11.0. The van der Waals surface area contributed by atoms with Crippen LogP contribution in [0.2, 0.25) is 0 Å². The number of amides is 1. The Balaban J connectivity index is 2.07. The minimum absolute atomic E-state index is 0.0477. The number of nitrogens with one attached hydrogen (secondary N) is 1. The Kier molecular flexibility index (Phi) is 2.36. The molecule has 0 aromatic rings. The quantitative estimate of drug-likeness (QED) is 0.738. The van der Waals surface area contributed by atoms with Crippen molar-refractivity contribution in [2.45, 2.75) is 53.0 Å². The molecule has 2 saturated carbocycles. The third-order valence-electron chi connectivity index (χ3n) is 5.35. The topological polar surface area (TPSA) is 66.4 Å². The fourth-order valence-corrected chi connectivity index (χ4v) is 2.89. The molecular weight excluding hydrogens is 218 g/mol. The van der Waals surface area contributed by atoms with Crippen molar-refractivity contribution in [2.75, 3.05) is 0 Å². The molecule has 4 heteroatoms. The molecule has 0 aromatic heterocycles. The van der Waals surface area contributed by atoms with E-state index in [-0.39, 0.29) is 22.8 Å². The van der Waals surface area contributed by atoms with Gasteiger partial charge in [-0.05, 0) is 23.7 Å². The molecule has 2 aliphatic rings. The van der Waals surface area contributed by atoms with Crippen molar-refractivity contribution >= 4 is 11.9 Å². The number of hydrogen-bond acceptors (Lipinski definition) is 2. The van der Waals surface area contributed by atoms with Gasteiger partial charge in [-0.3, -0.25) is 9.59 Å². The molecule has 0 saturated heterocycles. The Morgan fingerprint density at radius 3 is 1.82 bits per heavy atom. The number of carbonyl (C=O) groups is 2. The molecule has 4 nitrogen and oxygen atoms in total. The summed E-state index contributed by atoms with van der Waals surface area (Å²) >= 11 is 0. The predicted octanol–water partition coefficient (Wildman–Crippen LogP) is 1.79. The van der Waals surface area contributed by atoms with Crippen LogP contribution in [0.15, 0.2) is 0 Å². The van der Waals surface area contributed by atoms with Crippen LogP contribution in [0.25, 0.3) is 0 Å². The first kappa shape index (κ1) is 12.4. The Morgan fingerprint density at radius 2 is 1.59 bits per heavy atom. The van der Waals surface area contributed by atoms with Crippen LogP contribution in [0.3, 0.4) is 0 Å². The number of carboxylic acid groups (broad SMARTS) is 1. The van der Waals surface area contributed by atoms with Crippen molar-refractivity contribution in [3.05, 3.63) is 0 Å². The lowest BCUT2D eigenvalue weighted by Gasteiger charge is -2.36. The van der Waals surface area contributed by atoms with E-state index in [1.165, 1.54) is 0 Å². The van der Waals surface area contributed by atoms with Crippen LogP contribution in [0.1, 0.15) is 47.0 Å². The summed E-state index contributed by atoms with van der Waals surface area (Å²) in [5, 5.41) is 12.1. The lowest BCUT2D eigenvalue weighted by Crippen LogP contribution is -2.52. The third-order valence-corrected chi connectivity index (χ3v) is 5.35. The van der Waals surface area contributed by atoms with E-state index in [9.17, 15) is 14.7 Å². The molecule has 2 N–H and O–H groups in total. The van der Waals surface area contributed by atoms with E-state index in [0.29, 0.717) is 12.8 Å². The van der Waals surface area contributed by atoms with E-state index in [1.54, 1.807) is 0 Å². The van der Waals surface area contributed by atoms with Crippen molar-refractivity contribution in [3.63, 3.8) is 0 Å². The first-order valence-corrected chi connectivity index (χ1v) is 6.20. The van der Waals surface area contributed by atoms with Gasteiger partial charge in [0.25, 0.3) is 0 Å². The van der Waals surface area contributed by atoms with E-state index in [2.05, 4.69) is 33.0 Å². The minimum atomic E-state index is -1.14. The highest BCUT2D eigenvalue weighted by molar-refractivity contribution is 6.03. The molecule has 2 rings (SSSR count). The highest BCUT2D eigenvalue weighted by atomic mass is 16.4. The van der Waals surface area contributed by atoms with E-state index in [4.69, 9.17) is 0 Å². The predicted molar refractivity (Wildman–Crippen MR) is 63.4 cm³/mol. The van der Waals surface area contributed by atoms with Gasteiger partial charge in [-0.15, -0.1) is 0 Å². The smallest absolute Gasteiger partial charge is 0.319 e. The SMILES string of the molecule is CC1(C)C(NC(=O)C2(C(=O)O)CCC2)C1(C)C. The molecule has 17 heavy (non-hydrogen) atoms. The highest BCUT2D eigenvalue weighted by Crippen LogP contribution is 2.63. The largest absolute Gasteiger partial charge is 0.480 e. The summed E-state index contributed by atoms with van der Waals surface area (Å²) in [5.41, 5.74) is -1.05. The normalized spacial score (nSPS) is 28.0. The summed E-state index contributed by atoms with van der Waals surface area (Å²) in [7, 11) is 0. The van der Waals surface area contributed by atoms with Gasteiger partial charge in [0, 0.05) is 6.04 Å². The van der Waals surface area contributed by atoms with Crippen LogP contribution in [-0.2, 0) is 9.59 Å². The molecule has 0 heterocycles. The first-order chi connectivity index (χ1) is 7.66. The Morgan fingerprint density at radius 1 is 1.12 bits per heavy atom. The van der Waals surface area contributed by atoms with Gasteiger partial charge in [-0.1, -0.05) is 34.1 Å². The lowest BCUT2D eigenvalue weighted by atomic mass is 9.68. The van der Waals surface area contributed by atoms with Gasteiger partial charge in [0.2, 0.25) is 5.91 Å². The van der Waals surface area contributed by atoms with Gasteiger partial charge in [0.1, 0.15) is 5.41 Å². The Hall–Kier alpha value is -1.06. The van der Waals surface area contributed by atoms with Crippen LogP contribution < -0.4 is 5.32 Å². The molecule has 0 radical (unpaired) electrons. The maximum absolute atomic E-state index is 12.1. The zero-order valence-electron chi connectivity index (χ0n) is 11.0. The molecule has 0 spiro atoms. The molecule has 0 aliphatic heterocycles.